The van der Waals surface area contributed by atoms with Gasteiger partial charge in [-0.15, -0.1) is 4.40 Å². The van der Waals surface area contributed by atoms with Gasteiger partial charge in [-0.25, -0.2) is 9.18 Å². The second-order valence-electron chi connectivity index (χ2n) is 6.49. The topological polar surface area (TPSA) is 76.0 Å². The fourth-order valence-electron chi connectivity index (χ4n) is 3.18. The quantitative estimate of drug-likeness (QED) is 0.585. The molecule has 0 atom stereocenters. The summed E-state index contributed by atoms with van der Waals surface area (Å²) in [5.74, 6) is -1.20. The first-order valence-electron chi connectivity index (χ1n) is 9.16. The summed E-state index contributed by atoms with van der Waals surface area (Å²) in [6.45, 7) is 0.0379. The lowest BCUT2D eigenvalue weighted by Gasteiger charge is -2.24. The zero-order valence-electron chi connectivity index (χ0n) is 15.7. The van der Waals surface area contributed by atoms with Crippen LogP contribution in [0, 0.1) is 5.82 Å². The Hall–Kier alpha value is -3.52. The van der Waals surface area contributed by atoms with E-state index in [9.17, 15) is 17.6 Å². The summed E-state index contributed by atoms with van der Waals surface area (Å²) >= 11 is 0. The molecule has 6 nitrogen and oxygen atoms in total. The number of ether oxygens (including phenoxy) is 1. The summed E-state index contributed by atoms with van der Waals surface area (Å²) < 4.78 is 47.9. The van der Waals surface area contributed by atoms with Gasteiger partial charge >= 0.3 is 5.97 Å². The molecule has 0 fully saturated rings. The molecule has 0 radical (unpaired) electrons. The highest BCUT2D eigenvalue weighted by Crippen LogP contribution is 2.29. The fraction of sp³-hybridized carbons (Fsp3) is 0.0909. The van der Waals surface area contributed by atoms with E-state index in [1.54, 1.807) is 41.3 Å². The van der Waals surface area contributed by atoms with Crippen molar-refractivity contribution in [3.05, 3.63) is 95.8 Å². The molecule has 0 unspecified atom stereocenters. The van der Waals surface area contributed by atoms with Gasteiger partial charge in [-0.1, -0.05) is 42.5 Å². The van der Waals surface area contributed by atoms with Gasteiger partial charge in [-0.05, 0) is 36.4 Å². The molecule has 30 heavy (non-hydrogen) atoms. The summed E-state index contributed by atoms with van der Waals surface area (Å²) in [6.07, 6.45) is 0. The molecule has 3 aromatic carbocycles. The smallest absolute Gasteiger partial charge is 0.341 e. The van der Waals surface area contributed by atoms with Gasteiger partial charge in [-0.2, -0.15) is 8.42 Å². The minimum Gasteiger partial charge on any atom is -0.460 e. The summed E-state index contributed by atoms with van der Waals surface area (Å²) in [7, 11) is -3.81. The molecule has 0 amide bonds. The van der Waals surface area contributed by atoms with Gasteiger partial charge in [0.25, 0.3) is 10.0 Å². The van der Waals surface area contributed by atoms with Gasteiger partial charge < -0.3 is 9.64 Å². The highest BCUT2D eigenvalue weighted by atomic mass is 32.2. The molecule has 1 aliphatic rings. The average Bonchev–Trinajstić information content (AvgIpc) is 3.03. The van der Waals surface area contributed by atoms with Crippen LogP contribution in [0.25, 0.3) is 0 Å². The summed E-state index contributed by atoms with van der Waals surface area (Å²) in [5, 5.41) is 0. The van der Waals surface area contributed by atoms with Crippen LogP contribution in [0.4, 0.5) is 10.1 Å². The van der Waals surface area contributed by atoms with E-state index >= 15 is 0 Å². The van der Waals surface area contributed by atoms with Crippen molar-refractivity contribution in [3.8, 4) is 0 Å². The predicted molar refractivity (Wildman–Crippen MR) is 111 cm³/mol. The molecule has 1 heterocycles. The second-order valence-corrected chi connectivity index (χ2v) is 8.06. The first-order chi connectivity index (χ1) is 14.5. The van der Waals surface area contributed by atoms with E-state index in [1.165, 1.54) is 24.3 Å². The van der Waals surface area contributed by atoms with Gasteiger partial charge in [0.05, 0.1) is 12.1 Å². The molecular formula is C22H17FN2O4S. The summed E-state index contributed by atoms with van der Waals surface area (Å²) in [4.78, 5) is 14.0. The number of para-hydroxylation sites is 1. The number of esters is 1. The number of carbonyl (C=O) groups is 1. The van der Waals surface area contributed by atoms with Crippen LogP contribution in [0.1, 0.15) is 15.9 Å². The Balaban J connectivity index is 1.60. The SMILES string of the molecule is O=C(OCCN(C1=NS(=O)(=O)c2ccccc21)c1ccccc1)c1ccccc1F. The van der Waals surface area contributed by atoms with Crippen LogP contribution in [0.15, 0.2) is 88.2 Å². The molecule has 0 aliphatic carbocycles. The number of nitrogens with zero attached hydrogens (tertiary/aromatic N) is 2. The number of halogens is 1. The number of hydrogen-bond donors (Lipinski definition) is 0. The average molecular weight is 424 g/mol. The normalized spacial score (nSPS) is 14.0. The maximum absolute atomic E-state index is 13.8. The van der Waals surface area contributed by atoms with Gasteiger partial charge in [0.2, 0.25) is 0 Å². The standard InChI is InChI=1S/C22H17FN2O4S/c23-19-12-6-4-10-17(19)22(26)29-15-14-25(16-8-2-1-3-9-16)21-18-11-5-7-13-20(18)30(27,28)24-21/h1-13H,14-15H2. The maximum Gasteiger partial charge on any atom is 0.341 e. The Morgan fingerprint density at radius 3 is 2.37 bits per heavy atom. The molecule has 0 bridgehead atoms. The monoisotopic (exact) mass is 424 g/mol. The zero-order valence-corrected chi connectivity index (χ0v) is 16.5. The molecule has 0 aromatic heterocycles. The lowest BCUT2D eigenvalue weighted by Crippen LogP contribution is -2.34. The van der Waals surface area contributed by atoms with Crippen LogP contribution in [-0.2, 0) is 14.8 Å². The van der Waals surface area contributed by atoms with Gasteiger partial charge in [-0.3, -0.25) is 0 Å². The van der Waals surface area contributed by atoms with Crippen molar-refractivity contribution in [2.75, 3.05) is 18.1 Å². The fourth-order valence-corrected chi connectivity index (χ4v) is 4.39. The van der Waals surface area contributed by atoms with E-state index in [1.807, 2.05) is 18.2 Å². The molecule has 4 rings (SSSR count). The van der Waals surface area contributed by atoms with Crippen molar-refractivity contribution in [3.63, 3.8) is 0 Å². The first kappa shape index (κ1) is 19.8. The summed E-state index contributed by atoms with van der Waals surface area (Å²) in [6, 6.07) is 21.2. The first-order valence-corrected chi connectivity index (χ1v) is 10.6. The number of carbonyl (C=O) groups excluding carboxylic acids is 1. The lowest BCUT2D eigenvalue weighted by atomic mass is 10.1. The molecule has 0 N–H and O–H groups in total. The van der Waals surface area contributed by atoms with Crippen molar-refractivity contribution in [2.24, 2.45) is 4.40 Å². The number of benzene rings is 3. The molecule has 0 saturated carbocycles. The number of sulfonamides is 1. The third kappa shape index (κ3) is 3.81. The van der Waals surface area contributed by atoms with E-state index in [0.717, 1.165) is 0 Å². The maximum atomic E-state index is 13.8. The molecule has 8 heteroatoms. The molecule has 1 aliphatic heterocycles. The minimum atomic E-state index is -3.81. The van der Waals surface area contributed by atoms with E-state index in [-0.39, 0.29) is 29.4 Å². The Labute approximate surface area is 173 Å². The van der Waals surface area contributed by atoms with Crippen molar-refractivity contribution >= 4 is 27.5 Å². The molecule has 3 aromatic rings. The highest BCUT2D eigenvalue weighted by Gasteiger charge is 2.32. The number of fused-ring (bicyclic) bond motifs is 1. The van der Waals surface area contributed by atoms with Crippen LogP contribution in [-0.4, -0.2) is 33.4 Å². The summed E-state index contributed by atoms with van der Waals surface area (Å²) in [5.41, 5.74) is 1.00. The Morgan fingerprint density at radius 1 is 0.933 bits per heavy atom. The van der Waals surface area contributed by atoms with E-state index < -0.39 is 21.8 Å². The number of amidine groups is 1. The highest BCUT2D eigenvalue weighted by molar-refractivity contribution is 7.90. The number of hydrogen-bond acceptors (Lipinski definition) is 5. The van der Waals surface area contributed by atoms with Gasteiger partial charge in [0, 0.05) is 11.3 Å². The second kappa shape index (κ2) is 8.08. The Bertz CT molecular complexity index is 1230. The Kier molecular flexibility index (Phi) is 5.33. The van der Waals surface area contributed by atoms with E-state index in [4.69, 9.17) is 4.74 Å². The molecule has 0 spiro atoms. The van der Waals surface area contributed by atoms with Crippen molar-refractivity contribution < 1.29 is 22.3 Å². The van der Waals surface area contributed by atoms with Crippen molar-refractivity contribution in [1.29, 1.82) is 0 Å². The van der Waals surface area contributed by atoms with E-state index in [0.29, 0.717) is 11.3 Å². The largest absolute Gasteiger partial charge is 0.460 e. The zero-order chi connectivity index (χ0) is 21.1. The van der Waals surface area contributed by atoms with Crippen molar-refractivity contribution in [2.45, 2.75) is 4.90 Å². The van der Waals surface area contributed by atoms with Crippen LogP contribution in [0.2, 0.25) is 0 Å². The van der Waals surface area contributed by atoms with Crippen LogP contribution in [0.3, 0.4) is 0 Å². The number of anilines is 1. The third-order valence-corrected chi connectivity index (χ3v) is 5.90. The lowest BCUT2D eigenvalue weighted by molar-refractivity contribution is 0.0512. The van der Waals surface area contributed by atoms with Gasteiger partial charge in [0.15, 0.2) is 5.84 Å². The number of rotatable bonds is 5. The minimum absolute atomic E-state index is 0.0940. The molecule has 0 saturated heterocycles. The molecular weight excluding hydrogens is 407 g/mol. The van der Waals surface area contributed by atoms with E-state index in [2.05, 4.69) is 4.40 Å². The predicted octanol–water partition coefficient (Wildman–Crippen LogP) is 3.64. The molecule has 152 valence electrons. The van der Waals surface area contributed by atoms with Gasteiger partial charge in [0.1, 0.15) is 17.3 Å². The third-order valence-electron chi connectivity index (χ3n) is 4.58. The Morgan fingerprint density at radius 2 is 1.60 bits per heavy atom. The van der Waals surface area contributed by atoms with Crippen LogP contribution in [0.5, 0.6) is 0 Å². The van der Waals surface area contributed by atoms with Crippen molar-refractivity contribution in [1.82, 2.24) is 0 Å². The van der Waals surface area contributed by atoms with Crippen LogP contribution < -0.4 is 4.90 Å². The van der Waals surface area contributed by atoms with Crippen LogP contribution >= 0.6 is 0 Å².